The van der Waals surface area contributed by atoms with Crippen LogP contribution in [0.2, 0.25) is 0 Å². The molecular formula is C52H52N10. The zero-order valence-corrected chi connectivity index (χ0v) is 37.7. The normalized spacial score (nSPS) is 12.8. The summed E-state index contributed by atoms with van der Waals surface area (Å²) in [6.07, 6.45) is 0. The highest BCUT2D eigenvalue weighted by Crippen LogP contribution is 2.36. The van der Waals surface area contributed by atoms with Gasteiger partial charge in [0.25, 0.3) is 0 Å². The van der Waals surface area contributed by atoms with Crippen LogP contribution in [0.25, 0.3) is 90.2 Å². The van der Waals surface area contributed by atoms with Crippen LogP contribution in [0.3, 0.4) is 0 Å². The van der Waals surface area contributed by atoms with Gasteiger partial charge in [0.2, 0.25) is 45.2 Å². The van der Waals surface area contributed by atoms with Crippen LogP contribution >= 0.6 is 0 Å². The van der Waals surface area contributed by atoms with E-state index in [1.54, 1.807) is 0 Å². The van der Waals surface area contributed by atoms with E-state index in [9.17, 15) is 0 Å². The van der Waals surface area contributed by atoms with Crippen LogP contribution in [0.5, 0.6) is 0 Å². The zero-order chi connectivity index (χ0) is 43.9. The first-order valence-corrected chi connectivity index (χ1v) is 21.3. The molecule has 0 N–H and O–H groups in total. The molecule has 4 aromatic carbocycles. The van der Waals surface area contributed by atoms with Crippen LogP contribution in [0.4, 0.5) is 0 Å². The molecule has 310 valence electrons. The molecule has 0 saturated heterocycles. The third-order valence-corrected chi connectivity index (χ3v) is 11.5. The minimum absolute atomic E-state index is 0.00473. The van der Waals surface area contributed by atoms with Gasteiger partial charge in [-0.05, 0) is 43.9 Å². The molecule has 10 heteroatoms. The molecule has 0 spiro atoms. The van der Waals surface area contributed by atoms with Crippen LogP contribution < -0.4 is 0 Å². The minimum atomic E-state index is 0.00473. The summed E-state index contributed by atoms with van der Waals surface area (Å²) in [5.74, 6) is 0. The van der Waals surface area contributed by atoms with E-state index in [4.69, 9.17) is 49.8 Å². The topological polar surface area (TPSA) is 129 Å². The van der Waals surface area contributed by atoms with Crippen molar-refractivity contribution in [2.24, 2.45) is 0 Å². The number of aromatic nitrogens is 10. The SMILES string of the molecule is CC(C)(C)c1ccc(-c2nc3nc4nc5nc6nc(-c7ccc(C(C)(C)C)cc7)c(-c7ccc(C(C)(C)C)cc7)nc6nc5nc4nc3nc2-c2ccc(C(C)(C)C)cc2)cc1. The summed E-state index contributed by atoms with van der Waals surface area (Å²) in [5, 5.41) is 0. The maximum atomic E-state index is 5.13. The van der Waals surface area contributed by atoms with Crippen molar-refractivity contribution in [1.29, 1.82) is 0 Å². The zero-order valence-electron chi connectivity index (χ0n) is 37.7. The molecule has 5 heterocycles. The fourth-order valence-electron chi connectivity index (χ4n) is 7.55. The summed E-state index contributed by atoms with van der Waals surface area (Å²) in [4.78, 5) is 49.7. The lowest BCUT2D eigenvalue weighted by molar-refractivity contribution is 0.590. The highest BCUT2D eigenvalue weighted by Gasteiger charge is 2.23. The Kier molecular flexibility index (Phi) is 9.50. The van der Waals surface area contributed by atoms with Gasteiger partial charge in [-0.25, -0.2) is 49.8 Å². The monoisotopic (exact) mass is 816 g/mol. The Bertz CT molecular complexity index is 2740. The lowest BCUT2D eigenvalue weighted by Gasteiger charge is -2.20. The molecule has 0 fully saturated rings. The highest BCUT2D eigenvalue weighted by molar-refractivity contribution is 5.90. The molecule has 0 aliphatic heterocycles. The van der Waals surface area contributed by atoms with E-state index < -0.39 is 0 Å². The first-order chi connectivity index (χ1) is 29.2. The predicted molar refractivity (Wildman–Crippen MR) is 251 cm³/mol. The van der Waals surface area contributed by atoms with E-state index in [-0.39, 0.29) is 44.2 Å². The molecule has 0 bridgehead atoms. The molecule has 62 heavy (non-hydrogen) atoms. The summed E-state index contributed by atoms with van der Waals surface area (Å²) in [5.41, 5.74) is 14.0. The summed E-state index contributed by atoms with van der Waals surface area (Å²) >= 11 is 0. The standard InChI is InChI=1S/C52H52N10/c1-49(2,3)33-21-13-29(14-22-33)37-38(30-15-23-34(24-16-30)50(4,5)6)54-42-41(53-37)57-45-46(58-42)62-48-47(61-45)59-43-44(60-48)56-40(32-19-27-36(28-20-32)52(10,11)12)39(55-43)31-17-25-35(26-18-31)51(7,8)9/h13-28H,1-12H3. The largest absolute Gasteiger partial charge is 0.223 e. The third kappa shape index (κ3) is 7.74. The van der Waals surface area contributed by atoms with Gasteiger partial charge in [0.1, 0.15) is 0 Å². The fraction of sp³-hybridized carbons (Fsp3) is 0.308. The fourth-order valence-corrected chi connectivity index (χ4v) is 7.55. The highest BCUT2D eigenvalue weighted by atomic mass is 15.1. The second-order valence-electron chi connectivity index (χ2n) is 20.4. The van der Waals surface area contributed by atoms with Crippen LogP contribution in [0, 0.1) is 0 Å². The minimum Gasteiger partial charge on any atom is -0.223 e. The van der Waals surface area contributed by atoms with Crippen molar-refractivity contribution in [2.75, 3.05) is 0 Å². The molecule has 0 aliphatic carbocycles. The molecule has 0 aliphatic rings. The van der Waals surface area contributed by atoms with Crippen molar-refractivity contribution in [3.8, 4) is 45.0 Å². The number of hydrogen-bond donors (Lipinski definition) is 0. The summed E-state index contributed by atoms with van der Waals surface area (Å²) < 4.78 is 0. The van der Waals surface area contributed by atoms with Gasteiger partial charge in [0.05, 0.1) is 22.8 Å². The Morgan fingerprint density at radius 3 is 0.500 bits per heavy atom. The number of fused-ring (bicyclic) bond motifs is 4. The number of nitrogens with zero attached hydrogens (tertiary/aromatic N) is 10. The van der Waals surface area contributed by atoms with Gasteiger partial charge in [0, 0.05) is 22.3 Å². The maximum Gasteiger partial charge on any atom is 0.202 e. The molecule has 0 saturated carbocycles. The summed E-state index contributed by atoms with van der Waals surface area (Å²) in [6.45, 7) is 26.5. The van der Waals surface area contributed by atoms with Gasteiger partial charge in [-0.15, -0.1) is 0 Å². The lowest BCUT2D eigenvalue weighted by Crippen LogP contribution is -2.11. The molecule has 0 amide bonds. The summed E-state index contributed by atoms with van der Waals surface area (Å²) in [7, 11) is 0. The number of benzene rings is 4. The smallest absolute Gasteiger partial charge is 0.202 e. The number of rotatable bonds is 4. The molecular weight excluding hydrogens is 765 g/mol. The van der Waals surface area contributed by atoms with E-state index in [2.05, 4.69) is 180 Å². The Morgan fingerprint density at radius 1 is 0.210 bits per heavy atom. The van der Waals surface area contributed by atoms with Gasteiger partial charge in [-0.1, -0.05) is 180 Å². The van der Waals surface area contributed by atoms with Crippen LogP contribution in [-0.2, 0) is 21.7 Å². The Hall–Kier alpha value is -6.68. The van der Waals surface area contributed by atoms with E-state index >= 15 is 0 Å². The van der Waals surface area contributed by atoms with Crippen molar-refractivity contribution >= 4 is 45.2 Å². The lowest BCUT2D eigenvalue weighted by atomic mass is 9.86. The van der Waals surface area contributed by atoms with Gasteiger partial charge >= 0.3 is 0 Å². The second-order valence-corrected chi connectivity index (χ2v) is 20.4. The van der Waals surface area contributed by atoms with E-state index in [0.717, 1.165) is 22.3 Å². The molecule has 9 rings (SSSR count). The van der Waals surface area contributed by atoms with Crippen molar-refractivity contribution in [2.45, 2.75) is 105 Å². The Labute approximate surface area is 362 Å². The maximum absolute atomic E-state index is 5.13. The van der Waals surface area contributed by atoms with E-state index in [0.29, 0.717) is 45.4 Å². The van der Waals surface area contributed by atoms with Crippen LogP contribution in [0.15, 0.2) is 97.1 Å². The van der Waals surface area contributed by atoms with Gasteiger partial charge in [-0.2, -0.15) is 0 Å². The molecule has 0 unspecified atom stereocenters. The Balaban J connectivity index is 1.21. The molecule has 10 nitrogen and oxygen atoms in total. The molecule has 5 aromatic heterocycles. The van der Waals surface area contributed by atoms with Gasteiger partial charge in [-0.3, -0.25) is 0 Å². The molecule has 0 radical (unpaired) electrons. The van der Waals surface area contributed by atoms with Crippen molar-refractivity contribution in [3.05, 3.63) is 119 Å². The third-order valence-electron chi connectivity index (χ3n) is 11.5. The predicted octanol–water partition coefficient (Wildman–Crippen LogP) is 12.1. The molecule has 9 aromatic rings. The van der Waals surface area contributed by atoms with Crippen molar-refractivity contribution in [3.63, 3.8) is 0 Å². The van der Waals surface area contributed by atoms with E-state index in [1.165, 1.54) is 22.3 Å². The quantitative estimate of drug-likeness (QED) is 0.158. The number of hydrogen-bond acceptors (Lipinski definition) is 10. The average Bonchev–Trinajstić information content (AvgIpc) is 3.22. The van der Waals surface area contributed by atoms with E-state index in [1.807, 2.05) is 0 Å². The van der Waals surface area contributed by atoms with Crippen LogP contribution in [-0.4, -0.2) is 49.8 Å². The first-order valence-electron chi connectivity index (χ1n) is 21.3. The van der Waals surface area contributed by atoms with Crippen molar-refractivity contribution < 1.29 is 0 Å². The van der Waals surface area contributed by atoms with Crippen LogP contribution in [0.1, 0.15) is 105 Å². The summed E-state index contributed by atoms with van der Waals surface area (Å²) in [6, 6.07) is 34.1. The van der Waals surface area contributed by atoms with Gasteiger partial charge < -0.3 is 0 Å². The first kappa shape index (κ1) is 40.7. The second kappa shape index (κ2) is 14.5. The molecule has 0 atom stereocenters. The Morgan fingerprint density at radius 2 is 0.355 bits per heavy atom. The average molecular weight is 817 g/mol. The van der Waals surface area contributed by atoms with Gasteiger partial charge in [0.15, 0.2) is 0 Å². The van der Waals surface area contributed by atoms with Crippen molar-refractivity contribution in [1.82, 2.24) is 49.8 Å².